The normalized spacial score (nSPS) is 11.3. The van der Waals surface area contributed by atoms with E-state index in [1.807, 2.05) is 0 Å². The van der Waals surface area contributed by atoms with Gasteiger partial charge in [-0.1, -0.05) is 0 Å². The lowest BCUT2D eigenvalue weighted by atomic mass is 10.1. The third-order valence-corrected chi connectivity index (χ3v) is 4.01. The van der Waals surface area contributed by atoms with Crippen molar-refractivity contribution in [3.63, 3.8) is 0 Å². The molecular weight excluding hydrogens is 407 g/mol. The molecule has 1 N–H and O–H groups in total. The van der Waals surface area contributed by atoms with Gasteiger partial charge < -0.3 is 14.6 Å². The molecule has 2 aromatic heterocycles. The Hall–Kier alpha value is -3.76. The van der Waals surface area contributed by atoms with Crippen molar-refractivity contribution >= 4 is 5.97 Å². The highest BCUT2D eigenvalue weighted by Crippen LogP contribution is 2.24. The summed E-state index contributed by atoms with van der Waals surface area (Å²) in [4.78, 5) is 28.7. The van der Waals surface area contributed by atoms with E-state index in [2.05, 4.69) is 9.72 Å². The van der Waals surface area contributed by atoms with Crippen molar-refractivity contribution in [2.24, 2.45) is 0 Å². The monoisotopic (exact) mass is 423 g/mol. The summed E-state index contributed by atoms with van der Waals surface area (Å²) in [5, 5.41) is 10.2. The zero-order chi connectivity index (χ0) is 21.9. The number of halogens is 3. The predicted octanol–water partition coefficient (Wildman–Crippen LogP) is 2.86. The number of aromatic hydroxyl groups is 1. The number of ether oxygens (including phenoxy) is 2. The van der Waals surface area contributed by atoms with Gasteiger partial charge in [-0.05, 0) is 42.8 Å². The molecule has 0 saturated carbocycles. The summed E-state index contributed by atoms with van der Waals surface area (Å²) in [5.41, 5.74) is 0.0819. The molecule has 0 atom stereocenters. The largest absolute Gasteiger partial charge is 0.573 e. The molecule has 3 aromatic rings. The standard InChI is InChI=1S/C19H16F3N3O5/c1-2-29-17(27)15-9-23-8-7-12(15)10-24-11-16(26)25(18(24)28)13-3-5-14(6-4-13)30-19(20,21)22/h3-9,11,26H,2,10H2,1H3. The molecule has 0 aliphatic rings. The van der Waals surface area contributed by atoms with Crippen LogP contribution in [0.5, 0.6) is 11.6 Å². The molecule has 0 aliphatic carbocycles. The number of pyridine rings is 1. The van der Waals surface area contributed by atoms with Crippen LogP contribution in [0.25, 0.3) is 5.69 Å². The minimum Gasteiger partial charge on any atom is -0.493 e. The number of rotatable bonds is 6. The fraction of sp³-hybridized carbons (Fsp3) is 0.211. The molecule has 2 heterocycles. The number of alkyl halides is 3. The second-order valence-electron chi connectivity index (χ2n) is 6.03. The minimum atomic E-state index is -4.84. The minimum absolute atomic E-state index is 0.0642. The molecular formula is C19H16F3N3O5. The van der Waals surface area contributed by atoms with Crippen LogP contribution in [0.15, 0.2) is 53.7 Å². The second kappa shape index (κ2) is 8.31. The van der Waals surface area contributed by atoms with Crippen LogP contribution >= 0.6 is 0 Å². The Morgan fingerprint density at radius 2 is 1.90 bits per heavy atom. The van der Waals surface area contributed by atoms with Crippen LogP contribution in [0.3, 0.4) is 0 Å². The number of benzene rings is 1. The third kappa shape index (κ3) is 4.62. The number of nitrogens with zero attached hydrogens (tertiary/aromatic N) is 3. The van der Waals surface area contributed by atoms with Gasteiger partial charge in [0, 0.05) is 12.4 Å². The number of carbonyl (C=O) groups is 1. The molecule has 30 heavy (non-hydrogen) atoms. The van der Waals surface area contributed by atoms with E-state index in [0.29, 0.717) is 5.56 Å². The van der Waals surface area contributed by atoms with Gasteiger partial charge in [0.15, 0.2) is 0 Å². The molecule has 0 amide bonds. The van der Waals surface area contributed by atoms with E-state index in [-0.39, 0.29) is 24.4 Å². The fourth-order valence-corrected chi connectivity index (χ4v) is 2.77. The number of carbonyl (C=O) groups excluding carboxylic acids is 1. The average molecular weight is 423 g/mol. The van der Waals surface area contributed by atoms with E-state index < -0.39 is 29.7 Å². The van der Waals surface area contributed by atoms with Crippen LogP contribution in [-0.4, -0.2) is 38.2 Å². The second-order valence-corrected chi connectivity index (χ2v) is 6.03. The van der Waals surface area contributed by atoms with Gasteiger partial charge in [-0.2, -0.15) is 0 Å². The zero-order valence-electron chi connectivity index (χ0n) is 15.6. The van der Waals surface area contributed by atoms with Crippen LogP contribution in [0, 0.1) is 0 Å². The van der Waals surface area contributed by atoms with Crippen LogP contribution < -0.4 is 10.4 Å². The van der Waals surface area contributed by atoms with Gasteiger partial charge in [-0.25, -0.2) is 14.2 Å². The van der Waals surface area contributed by atoms with Crippen molar-refractivity contribution in [3.8, 4) is 17.3 Å². The first-order chi connectivity index (χ1) is 14.2. The summed E-state index contributed by atoms with van der Waals surface area (Å²) in [6.07, 6.45) is -0.934. The Balaban J connectivity index is 1.91. The molecule has 0 aliphatic heterocycles. The first kappa shape index (κ1) is 21.0. The molecule has 0 saturated heterocycles. The molecule has 0 radical (unpaired) electrons. The predicted molar refractivity (Wildman–Crippen MR) is 97.7 cm³/mol. The lowest BCUT2D eigenvalue weighted by Crippen LogP contribution is -2.24. The maximum absolute atomic E-state index is 12.7. The summed E-state index contributed by atoms with van der Waals surface area (Å²) < 4.78 is 47.7. The molecule has 0 fully saturated rings. The number of imidazole rings is 1. The molecule has 0 unspecified atom stereocenters. The number of hydrogen-bond acceptors (Lipinski definition) is 6. The van der Waals surface area contributed by atoms with Gasteiger partial charge in [0.05, 0.1) is 30.6 Å². The van der Waals surface area contributed by atoms with Gasteiger partial charge in [0.25, 0.3) is 0 Å². The van der Waals surface area contributed by atoms with Crippen molar-refractivity contribution in [2.75, 3.05) is 6.61 Å². The Morgan fingerprint density at radius 3 is 2.53 bits per heavy atom. The van der Waals surface area contributed by atoms with Gasteiger partial charge >= 0.3 is 18.0 Å². The molecule has 3 rings (SSSR count). The molecule has 8 nitrogen and oxygen atoms in total. The van der Waals surface area contributed by atoms with Gasteiger partial charge in [0.2, 0.25) is 5.88 Å². The highest BCUT2D eigenvalue weighted by molar-refractivity contribution is 5.90. The zero-order valence-corrected chi connectivity index (χ0v) is 15.6. The number of esters is 1. The SMILES string of the molecule is CCOC(=O)c1cnccc1Cn1cc(O)n(-c2ccc(OC(F)(F)F)cc2)c1=O. The van der Waals surface area contributed by atoms with E-state index in [1.54, 1.807) is 6.92 Å². The van der Waals surface area contributed by atoms with Crippen molar-refractivity contribution in [1.29, 1.82) is 0 Å². The van der Waals surface area contributed by atoms with Crippen molar-refractivity contribution < 1.29 is 32.5 Å². The van der Waals surface area contributed by atoms with Gasteiger partial charge in [-0.15, -0.1) is 13.2 Å². The quantitative estimate of drug-likeness (QED) is 0.613. The summed E-state index contributed by atoms with van der Waals surface area (Å²) in [6, 6.07) is 5.98. The lowest BCUT2D eigenvalue weighted by molar-refractivity contribution is -0.274. The first-order valence-corrected chi connectivity index (χ1v) is 8.67. The lowest BCUT2D eigenvalue weighted by Gasteiger charge is -2.10. The van der Waals surface area contributed by atoms with Crippen LogP contribution in [0.1, 0.15) is 22.8 Å². The van der Waals surface area contributed by atoms with Gasteiger partial charge in [0.1, 0.15) is 5.75 Å². The Bertz CT molecular complexity index is 1100. The Kier molecular flexibility index (Phi) is 5.81. The summed E-state index contributed by atoms with van der Waals surface area (Å²) in [7, 11) is 0. The molecule has 0 bridgehead atoms. The molecule has 158 valence electrons. The molecule has 0 spiro atoms. The van der Waals surface area contributed by atoms with Crippen LogP contribution in [0.2, 0.25) is 0 Å². The summed E-state index contributed by atoms with van der Waals surface area (Å²) in [6.45, 7) is 1.76. The highest BCUT2D eigenvalue weighted by atomic mass is 19.4. The molecule has 1 aromatic carbocycles. The van der Waals surface area contributed by atoms with E-state index in [1.165, 1.54) is 30.6 Å². The van der Waals surface area contributed by atoms with E-state index >= 15 is 0 Å². The van der Waals surface area contributed by atoms with E-state index in [4.69, 9.17) is 4.74 Å². The fourth-order valence-electron chi connectivity index (χ4n) is 2.77. The van der Waals surface area contributed by atoms with Crippen molar-refractivity contribution in [1.82, 2.24) is 14.1 Å². The Labute approximate surface area is 167 Å². The van der Waals surface area contributed by atoms with E-state index in [0.717, 1.165) is 27.5 Å². The van der Waals surface area contributed by atoms with Crippen molar-refractivity contribution in [3.05, 3.63) is 70.5 Å². The number of hydrogen-bond donors (Lipinski definition) is 1. The highest BCUT2D eigenvalue weighted by Gasteiger charge is 2.31. The third-order valence-electron chi connectivity index (χ3n) is 4.01. The maximum atomic E-state index is 12.7. The Morgan fingerprint density at radius 1 is 1.20 bits per heavy atom. The van der Waals surface area contributed by atoms with Gasteiger partial charge in [-0.3, -0.25) is 9.55 Å². The van der Waals surface area contributed by atoms with Crippen molar-refractivity contribution in [2.45, 2.75) is 19.8 Å². The molecule has 11 heteroatoms. The van der Waals surface area contributed by atoms with E-state index in [9.17, 15) is 27.9 Å². The van der Waals surface area contributed by atoms with Crippen LogP contribution in [0.4, 0.5) is 13.2 Å². The topological polar surface area (TPSA) is 95.6 Å². The first-order valence-electron chi connectivity index (χ1n) is 8.67. The summed E-state index contributed by atoms with van der Waals surface area (Å²) in [5.74, 6) is -1.50. The van der Waals surface area contributed by atoms with Crippen LogP contribution in [-0.2, 0) is 11.3 Å². The number of aromatic nitrogens is 3. The smallest absolute Gasteiger partial charge is 0.493 e. The average Bonchev–Trinajstić information content (AvgIpc) is 2.95. The maximum Gasteiger partial charge on any atom is 0.573 e. The summed E-state index contributed by atoms with van der Waals surface area (Å²) >= 11 is 0.